The van der Waals surface area contributed by atoms with E-state index in [-0.39, 0.29) is 0 Å². The lowest BCUT2D eigenvalue weighted by molar-refractivity contribution is 0.410. The number of nitrogens with two attached hydrogens (primary N) is 1. The molecular weight excluding hydrogens is 298 g/mol. The average Bonchev–Trinajstić information content (AvgIpc) is 2.96. The number of benzene rings is 2. The quantitative estimate of drug-likeness (QED) is 0.569. The number of nitrogens with one attached hydrogen (secondary N) is 1. The largest absolute Gasteiger partial charge is 0.496 e. The Kier molecular flexibility index (Phi) is 4.02. The number of para-hydroxylation sites is 1. The molecule has 0 bridgehead atoms. The highest BCUT2D eigenvalue weighted by Crippen LogP contribution is 2.21. The van der Waals surface area contributed by atoms with E-state index >= 15 is 0 Å². The Labute approximate surface area is 133 Å². The van der Waals surface area contributed by atoms with Crippen LogP contribution >= 0.6 is 11.6 Å². The predicted octanol–water partition coefficient (Wildman–Crippen LogP) is 3.74. The van der Waals surface area contributed by atoms with Crippen LogP contribution in [0.5, 0.6) is 5.75 Å². The normalized spacial score (nSPS) is 11.8. The lowest BCUT2D eigenvalue weighted by Gasteiger charge is -2.05. The van der Waals surface area contributed by atoms with E-state index in [9.17, 15) is 0 Å². The summed E-state index contributed by atoms with van der Waals surface area (Å²) in [6.07, 6.45) is 0. The average molecular weight is 314 g/mol. The van der Waals surface area contributed by atoms with Crippen molar-refractivity contribution < 1.29 is 4.74 Å². The number of ether oxygens (including phenoxy) is 1. The Morgan fingerprint density at radius 3 is 2.86 bits per heavy atom. The molecule has 0 unspecified atom stereocenters. The topological polar surface area (TPSA) is 63.4 Å². The van der Waals surface area contributed by atoms with E-state index < -0.39 is 0 Å². The smallest absolute Gasteiger partial charge is 0.142 e. The molecule has 0 fully saturated rings. The van der Waals surface area contributed by atoms with Crippen molar-refractivity contribution >= 4 is 28.3 Å². The summed E-state index contributed by atoms with van der Waals surface area (Å²) in [5.41, 5.74) is 8.84. The Balaban J connectivity index is 1.86. The molecule has 0 amide bonds. The van der Waals surface area contributed by atoms with Crippen LogP contribution in [0.15, 0.2) is 53.5 Å². The number of halogens is 1. The molecule has 0 aliphatic heterocycles. The van der Waals surface area contributed by atoms with Gasteiger partial charge in [-0.1, -0.05) is 29.8 Å². The van der Waals surface area contributed by atoms with Crippen LogP contribution in [0.2, 0.25) is 5.02 Å². The van der Waals surface area contributed by atoms with Gasteiger partial charge in [-0.05, 0) is 30.3 Å². The van der Waals surface area contributed by atoms with E-state index in [0.717, 1.165) is 27.9 Å². The first kappa shape index (κ1) is 14.5. The van der Waals surface area contributed by atoms with Crippen molar-refractivity contribution in [3.8, 4) is 5.75 Å². The number of aromatic nitrogens is 1. The van der Waals surface area contributed by atoms with Crippen LogP contribution in [-0.2, 0) is 6.54 Å². The van der Waals surface area contributed by atoms with E-state index in [2.05, 4.69) is 9.98 Å². The van der Waals surface area contributed by atoms with Crippen LogP contribution in [-0.4, -0.2) is 17.9 Å². The second-order valence-electron chi connectivity index (χ2n) is 4.93. The summed E-state index contributed by atoms with van der Waals surface area (Å²) in [6, 6.07) is 15.4. The summed E-state index contributed by atoms with van der Waals surface area (Å²) in [7, 11) is 1.65. The molecule has 1 heterocycles. The van der Waals surface area contributed by atoms with Gasteiger partial charge in [0.25, 0.3) is 0 Å². The molecule has 22 heavy (non-hydrogen) atoms. The molecule has 4 nitrogen and oxygen atoms in total. The van der Waals surface area contributed by atoms with Gasteiger partial charge in [0.1, 0.15) is 11.6 Å². The lowest BCUT2D eigenvalue weighted by Crippen LogP contribution is -2.14. The van der Waals surface area contributed by atoms with Gasteiger partial charge in [0.2, 0.25) is 0 Å². The van der Waals surface area contributed by atoms with Gasteiger partial charge in [-0.15, -0.1) is 0 Å². The van der Waals surface area contributed by atoms with Crippen molar-refractivity contribution in [3.63, 3.8) is 0 Å². The van der Waals surface area contributed by atoms with E-state index in [1.54, 1.807) is 7.11 Å². The minimum atomic E-state index is 0.457. The van der Waals surface area contributed by atoms with E-state index in [4.69, 9.17) is 22.1 Å². The van der Waals surface area contributed by atoms with Crippen LogP contribution in [0.1, 0.15) is 11.3 Å². The molecule has 0 atom stereocenters. The predicted molar refractivity (Wildman–Crippen MR) is 90.7 cm³/mol. The summed E-state index contributed by atoms with van der Waals surface area (Å²) >= 11 is 5.99. The Bertz CT molecular complexity index is 839. The third kappa shape index (κ3) is 2.92. The zero-order chi connectivity index (χ0) is 15.5. The number of methoxy groups -OCH3 is 1. The fourth-order valence-electron chi connectivity index (χ4n) is 2.33. The summed E-state index contributed by atoms with van der Waals surface area (Å²) in [5, 5.41) is 1.71. The molecule has 0 radical (unpaired) electrons. The molecule has 2 aromatic carbocycles. The van der Waals surface area contributed by atoms with Gasteiger partial charge in [0.05, 0.1) is 19.3 Å². The maximum absolute atomic E-state index is 6.08. The Hall–Kier alpha value is -2.46. The fourth-order valence-corrected chi connectivity index (χ4v) is 2.51. The highest BCUT2D eigenvalue weighted by molar-refractivity contribution is 6.31. The first-order chi connectivity index (χ1) is 10.7. The number of H-pyrrole nitrogens is 1. The minimum absolute atomic E-state index is 0.457. The second-order valence-corrected chi connectivity index (χ2v) is 5.36. The number of rotatable bonds is 4. The zero-order valence-electron chi connectivity index (χ0n) is 12.1. The zero-order valence-corrected chi connectivity index (χ0v) is 12.9. The van der Waals surface area contributed by atoms with Crippen LogP contribution < -0.4 is 10.5 Å². The standard InChI is InChI=1S/C17H16ClN3O/c1-22-16-5-3-2-4-11(16)10-20-17(19)15-9-12-8-13(18)6-7-14(12)21-15/h2-9,21H,10H2,1H3,(H2,19,20). The molecule has 3 rings (SSSR count). The molecule has 0 saturated carbocycles. The van der Waals surface area contributed by atoms with Crippen LogP contribution in [0.4, 0.5) is 0 Å². The maximum Gasteiger partial charge on any atom is 0.142 e. The number of aliphatic imine (C=N–C) groups is 1. The molecule has 0 spiro atoms. The summed E-state index contributed by atoms with van der Waals surface area (Å²) in [6.45, 7) is 0.464. The lowest BCUT2D eigenvalue weighted by atomic mass is 10.2. The number of amidine groups is 1. The Morgan fingerprint density at radius 1 is 1.23 bits per heavy atom. The van der Waals surface area contributed by atoms with E-state index in [1.165, 1.54) is 0 Å². The molecule has 3 N–H and O–H groups in total. The molecule has 0 aliphatic rings. The molecule has 112 valence electrons. The number of fused-ring (bicyclic) bond motifs is 1. The van der Waals surface area contributed by atoms with Gasteiger partial charge in [-0.2, -0.15) is 0 Å². The molecule has 0 saturated heterocycles. The molecule has 5 heteroatoms. The van der Waals surface area contributed by atoms with E-state index in [1.807, 2.05) is 48.5 Å². The summed E-state index contributed by atoms with van der Waals surface area (Å²) in [4.78, 5) is 7.68. The van der Waals surface area contributed by atoms with Crippen molar-refractivity contribution in [3.05, 3.63) is 64.8 Å². The minimum Gasteiger partial charge on any atom is -0.496 e. The molecule has 3 aromatic rings. The molecular formula is C17H16ClN3O. The third-order valence-electron chi connectivity index (χ3n) is 3.47. The highest BCUT2D eigenvalue weighted by atomic mass is 35.5. The van der Waals surface area contributed by atoms with Gasteiger partial charge >= 0.3 is 0 Å². The van der Waals surface area contributed by atoms with Gasteiger partial charge in [-0.25, -0.2) is 0 Å². The number of aromatic amines is 1. The number of hydrogen-bond donors (Lipinski definition) is 2. The molecule has 0 aliphatic carbocycles. The number of nitrogens with zero attached hydrogens (tertiary/aromatic N) is 1. The highest BCUT2D eigenvalue weighted by Gasteiger charge is 2.06. The SMILES string of the molecule is COc1ccccc1CN=C(N)c1cc2cc(Cl)ccc2[nH]1. The monoisotopic (exact) mass is 313 g/mol. The van der Waals surface area contributed by atoms with Gasteiger partial charge in [0, 0.05) is 21.5 Å². The van der Waals surface area contributed by atoms with Crippen molar-refractivity contribution in [1.82, 2.24) is 4.98 Å². The van der Waals surface area contributed by atoms with Crippen molar-refractivity contribution in [2.75, 3.05) is 7.11 Å². The van der Waals surface area contributed by atoms with Crippen LogP contribution in [0, 0.1) is 0 Å². The molecule has 1 aromatic heterocycles. The van der Waals surface area contributed by atoms with Crippen LogP contribution in [0.25, 0.3) is 10.9 Å². The Morgan fingerprint density at radius 2 is 2.05 bits per heavy atom. The first-order valence-corrected chi connectivity index (χ1v) is 7.25. The van der Waals surface area contributed by atoms with Crippen molar-refractivity contribution in [2.45, 2.75) is 6.54 Å². The summed E-state index contributed by atoms with van der Waals surface area (Å²) < 4.78 is 5.31. The van der Waals surface area contributed by atoms with E-state index in [0.29, 0.717) is 17.4 Å². The van der Waals surface area contributed by atoms with Crippen molar-refractivity contribution in [1.29, 1.82) is 0 Å². The van der Waals surface area contributed by atoms with Gasteiger partial charge in [0.15, 0.2) is 0 Å². The second kappa shape index (κ2) is 6.12. The van der Waals surface area contributed by atoms with Gasteiger partial charge in [-0.3, -0.25) is 4.99 Å². The number of hydrogen-bond acceptors (Lipinski definition) is 2. The maximum atomic E-state index is 6.08. The fraction of sp³-hybridized carbons (Fsp3) is 0.118. The van der Waals surface area contributed by atoms with Crippen LogP contribution in [0.3, 0.4) is 0 Å². The third-order valence-corrected chi connectivity index (χ3v) is 3.71. The van der Waals surface area contributed by atoms with Crippen molar-refractivity contribution in [2.24, 2.45) is 10.7 Å². The summed E-state index contributed by atoms with van der Waals surface area (Å²) in [5.74, 6) is 1.26. The first-order valence-electron chi connectivity index (χ1n) is 6.88. The van der Waals surface area contributed by atoms with Gasteiger partial charge < -0.3 is 15.5 Å².